The van der Waals surface area contributed by atoms with Gasteiger partial charge in [0, 0.05) is 24.7 Å². The van der Waals surface area contributed by atoms with Gasteiger partial charge in [-0.1, -0.05) is 18.2 Å². The van der Waals surface area contributed by atoms with Crippen molar-refractivity contribution in [2.45, 2.75) is 52.6 Å². The van der Waals surface area contributed by atoms with Gasteiger partial charge in [-0.2, -0.15) is 10.4 Å². The molecule has 1 atom stereocenters. The molecule has 0 fully saturated rings. The zero-order valence-electron chi connectivity index (χ0n) is 16.8. The normalized spacial score (nSPS) is 11.7. The summed E-state index contributed by atoms with van der Waals surface area (Å²) >= 11 is 0. The molecule has 0 saturated heterocycles. The third-order valence-electron chi connectivity index (χ3n) is 5.12. The lowest BCUT2D eigenvalue weighted by Crippen LogP contribution is -2.30. The van der Waals surface area contributed by atoms with Gasteiger partial charge in [0.05, 0.1) is 37.9 Å². The highest BCUT2D eigenvalue weighted by Gasteiger charge is 2.21. The van der Waals surface area contributed by atoms with Gasteiger partial charge in [0.2, 0.25) is 5.91 Å². The molecule has 2 aromatic rings. The average molecular weight is 368 g/mol. The molecule has 0 N–H and O–H groups in total. The Labute approximate surface area is 161 Å². The zero-order valence-corrected chi connectivity index (χ0v) is 16.8. The minimum absolute atomic E-state index is 0.0748. The number of benzene rings is 1. The summed E-state index contributed by atoms with van der Waals surface area (Å²) < 4.78 is 7.28. The first-order valence-corrected chi connectivity index (χ1v) is 9.19. The molecule has 27 heavy (non-hydrogen) atoms. The van der Waals surface area contributed by atoms with Crippen LogP contribution in [0.5, 0.6) is 5.75 Å². The molecule has 2 rings (SSSR count). The van der Waals surface area contributed by atoms with Gasteiger partial charge in [-0.15, -0.1) is 0 Å². The molecule has 144 valence electrons. The quantitative estimate of drug-likeness (QED) is 0.714. The Bertz CT molecular complexity index is 835. The number of aryl methyl sites for hydroxylation is 2. The average Bonchev–Trinajstić information content (AvgIpc) is 2.96. The van der Waals surface area contributed by atoms with E-state index in [9.17, 15) is 4.79 Å². The van der Waals surface area contributed by atoms with Crippen LogP contribution >= 0.6 is 0 Å². The maximum Gasteiger partial charge on any atom is 0.223 e. The summed E-state index contributed by atoms with van der Waals surface area (Å²) in [7, 11) is 3.47. The Balaban J connectivity index is 2.05. The van der Waals surface area contributed by atoms with Crippen LogP contribution in [0.1, 0.15) is 48.3 Å². The van der Waals surface area contributed by atoms with E-state index in [2.05, 4.69) is 11.2 Å². The van der Waals surface area contributed by atoms with E-state index < -0.39 is 0 Å². The highest BCUT2D eigenvalue weighted by molar-refractivity contribution is 5.76. The Morgan fingerprint density at radius 1 is 1.37 bits per heavy atom. The molecule has 0 radical (unpaired) electrons. The van der Waals surface area contributed by atoms with Crippen LogP contribution in [-0.2, 0) is 17.8 Å². The summed E-state index contributed by atoms with van der Waals surface area (Å²) in [5, 5.41) is 13.3. The van der Waals surface area contributed by atoms with Gasteiger partial charge in [0.1, 0.15) is 5.75 Å². The van der Waals surface area contributed by atoms with E-state index in [1.54, 1.807) is 12.0 Å². The fourth-order valence-electron chi connectivity index (χ4n) is 3.31. The molecule has 0 aliphatic rings. The van der Waals surface area contributed by atoms with Gasteiger partial charge < -0.3 is 9.64 Å². The lowest BCUT2D eigenvalue weighted by Gasteiger charge is -2.26. The van der Waals surface area contributed by atoms with E-state index >= 15 is 0 Å². The Morgan fingerprint density at radius 2 is 2.07 bits per heavy atom. The van der Waals surface area contributed by atoms with Crippen molar-refractivity contribution in [2.75, 3.05) is 14.2 Å². The summed E-state index contributed by atoms with van der Waals surface area (Å²) in [6.45, 7) is 6.54. The summed E-state index contributed by atoms with van der Waals surface area (Å²) in [6.07, 6.45) is 1.49. The van der Waals surface area contributed by atoms with E-state index in [0.29, 0.717) is 25.8 Å². The summed E-state index contributed by atoms with van der Waals surface area (Å²) in [5.74, 6) is 0.868. The van der Waals surface area contributed by atoms with Crippen molar-refractivity contribution >= 4 is 5.91 Å². The molecular formula is C21H28N4O2. The maximum absolute atomic E-state index is 12.7. The lowest BCUT2D eigenvalue weighted by atomic mass is 10.0. The molecule has 1 aromatic heterocycles. The lowest BCUT2D eigenvalue weighted by molar-refractivity contribution is -0.131. The first kappa shape index (κ1) is 20.5. The minimum atomic E-state index is -0.0748. The Kier molecular flexibility index (Phi) is 7.00. The molecule has 6 nitrogen and oxygen atoms in total. The minimum Gasteiger partial charge on any atom is -0.496 e. The Hall–Kier alpha value is -2.81. The van der Waals surface area contributed by atoms with E-state index in [1.807, 2.05) is 56.8 Å². The fourth-order valence-corrected chi connectivity index (χ4v) is 3.31. The maximum atomic E-state index is 12.7. The van der Waals surface area contributed by atoms with Crippen molar-refractivity contribution < 1.29 is 9.53 Å². The van der Waals surface area contributed by atoms with Gasteiger partial charge in [0.15, 0.2) is 0 Å². The second kappa shape index (κ2) is 9.22. The van der Waals surface area contributed by atoms with Crippen LogP contribution in [-0.4, -0.2) is 34.7 Å². The molecule has 1 heterocycles. The summed E-state index contributed by atoms with van der Waals surface area (Å²) in [5.41, 5.74) is 4.06. The fraction of sp³-hybridized carbons (Fsp3) is 0.476. The number of ether oxygens (including phenoxy) is 1. The molecule has 1 aromatic carbocycles. The molecule has 1 amide bonds. The number of carbonyl (C=O) groups is 1. The number of para-hydroxylation sites is 1. The van der Waals surface area contributed by atoms with Gasteiger partial charge in [0.25, 0.3) is 0 Å². The van der Waals surface area contributed by atoms with Crippen LogP contribution in [0.4, 0.5) is 0 Å². The first-order chi connectivity index (χ1) is 12.9. The molecule has 0 aliphatic carbocycles. The predicted octanol–water partition coefficient (Wildman–Crippen LogP) is 3.57. The van der Waals surface area contributed by atoms with Crippen molar-refractivity contribution in [2.24, 2.45) is 0 Å². The molecule has 0 aliphatic heterocycles. The number of nitriles is 1. The molecule has 0 bridgehead atoms. The topological polar surface area (TPSA) is 71.2 Å². The van der Waals surface area contributed by atoms with Crippen molar-refractivity contribution in [1.29, 1.82) is 5.26 Å². The Morgan fingerprint density at radius 3 is 2.74 bits per heavy atom. The molecule has 6 heteroatoms. The SMILES string of the molecule is COc1ccccc1C(C)N(C)C(=O)CCc1c(C)nn(CCC#N)c1C. The third kappa shape index (κ3) is 4.68. The number of rotatable bonds is 8. The van der Waals surface area contributed by atoms with Gasteiger partial charge in [-0.25, -0.2) is 0 Å². The molecule has 0 saturated carbocycles. The largest absolute Gasteiger partial charge is 0.496 e. The standard InChI is InChI=1S/C21H28N4O2/c1-15-18(17(3)25(23-15)14-8-13-22)11-12-21(26)24(4)16(2)19-9-6-7-10-20(19)27-5/h6-7,9-10,16H,8,11-12,14H2,1-5H3. The van der Waals surface area contributed by atoms with Gasteiger partial charge in [-0.3, -0.25) is 9.48 Å². The van der Waals surface area contributed by atoms with Crippen molar-refractivity contribution in [3.8, 4) is 11.8 Å². The van der Waals surface area contributed by atoms with Crippen molar-refractivity contribution in [3.05, 3.63) is 46.8 Å². The van der Waals surface area contributed by atoms with E-state index in [4.69, 9.17) is 10.00 Å². The van der Waals surface area contributed by atoms with E-state index in [-0.39, 0.29) is 11.9 Å². The van der Waals surface area contributed by atoms with Crippen LogP contribution in [0.15, 0.2) is 24.3 Å². The van der Waals surface area contributed by atoms with Crippen LogP contribution in [0, 0.1) is 25.2 Å². The van der Waals surface area contributed by atoms with Gasteiger partial charge in [-0.05, 0) is 38.8 Å². The molecule has 1 unspecified atom stereocenters. The van der Waals surface area contributed by atoms with Crippen LogP contribution in [0.25, 0.3) is 0 Å². The second-order valence-corrected chi connectivity index (χ2v) is 6.70. The number of hydrogen-bond donors (Lipinski definition) is 0. The van der Waals surface area contributed by atoms with Gasteiger partial charge >= 0.3 is 0 Å². The van der Waals surface area contributed by atoms with Crippen molar-refractivity contribution in [3.63, 3.8) is 0 Å². The van der Waals surface area contributed by atoms with Crippen LogP contribution in [0.2, 0.25) is 0 Å². The predicted molar refractivity (Wildman–Crippen MR) is 104 cm³/mol. The van der Waals surface area contributed by atoms with Crippen LogP contribution < -0.4 is 4.74 Å². The van der Waals surface area contributed by atoms with Crippen molar-refractivity contribution in [1.82, 2.24) is 14.7 Å². The highest BCUT2D eigenvalue weighted by atomic mass is 16.5. The highest BCUT2D eigenvalue weighted by Crippen LogP contribution is 2.28. The van der Waals surface area contributed by atoms with E-state index in [0.717, 1.165) is 28.3 Å². The molecular weight excluding hydrogens is 340 g/mol. The second-order valence-electron chi connectivity index (χ2n) is 6.70. The third-order valence-corrected chi connectivity index (χ3v) is 5.12. The monoisotopic (exact) mass is 368 g/mol. The first-order valence-electron chi connectivity index (χ1n) is 9.19. The number of carbonyl (C=O) groups excluding carboxylic acids is 1. The van der Waals surface area contributed by atoms with E-state index in [1.165, 1.54) is 0 Å². The number of nitrogens with zero attached hydrogens (tertiary/aromatic N) is 4. The number of amides is 1. The summed E-state index contributed by atoms with van der Waals surface area (Å²) in [4.78, 5) is 14.5. The molecule has 0 spiro atoms. The number of aromatic nitrogens is 2. The smallest absolute Gasteiger partial charge is 0.223 e. The van der Waals surface area contributed by atoms with Crippen LogP contribution in [0.3, 0.4) is 0 Å². The zero-order chi connectivity index (χ0) is 20.0. The summed E-state index contributed by atoms with van der Waals surface area (Å²) in [6, 6.07) is 9.84. The number of hydrogen-bond acceptors (Lipinski definition) is 4. The number of methoxy groups -OCH3 is 1.